The number of rotatable bonds is 2. The Hall–Kier alpha value is -5.98. The monoisotopic (exact) mass is 690 g/mol. The van der Waals surface area contributed by atoms with Crippen LogP contribution in [-0.2, 0) is 10.8 Å². The van der Waals surface area contributed by atoms with Crippen LogP contribution in [0.3, 0.4) is 0 Å². The summed E-state index contributed by atoms with van der Waals surface area (Å²) in [6, 6.07) is 55.1. The van der Waals surface area contributed by atoms with Gasteiger partial charge in [0.15, 0.2) is 0 Å². The molecule has 54 heavy (non-hydrogen) atoms. The van der Waals surface area contributed by atoms with Crippen LogP contribution in [0.5, 0.6) is 0 Å². The average molecular weight is 691 g/mol. The van der Waals surface area contributed by atoms with Crippen molar-refractivity contribution in [2.24, 2.45) is 0 Å². The van der Waals surface area contributed by atoms with Crippen molar-refractivity contribution in [3.05, 3.63) is 179 Å². The lowest BCUT2D eigenvalue weighted by molar-refractivity contribution is 0.661. The van der Waals surface area contributed by atoms with Crippen LogP contribution in [0.25, 0.3) is 87.6 Å². The third kappa shape index (κ3) is 4.04. The van der Waals surface area contributed by atoms with E-state index in [1.807, 2.05) is 0 Å². The Labute approximate surface area is 317 Å². The maximum absolute atomic E-state index is 2.57. The molecule has 0 unspecified atom stereocenters. The molecule has 2 aliphatic rings. The Morgan fingerprint density at radius 1 is 0.296 bits per heavy atom. The minimum atomic E-state index is -0.156. The van der Waals surface area contributed by atoms with Gasteiger partial charge in [0, 0.05) is 10.8 Å². The lowest BCUT2D eigenvalue weighted by Gasteiger charge is -2.25. The van der Waals surface area contributed by atoms with E-state index in [0.717, 1.165) is 0 Å². The summed E-state index contributed by atoms with van der Waals surface area (Å²) in [5.74, 6) is 0. The van der Waals surface area contributed by atoms with Gasteiger partial charge in [-0.15, -0.1) is 0 Å². The molecule has 258 valence electrons. The second kappa shape index (κ2) is 10.8. The quantitative estimate of drug-likeness (QED) is 0.158. The molecule has 9 aromatic rings. The molecule has 0 spiro atoms. The van der Waals surface area contributed by atoms with Crippen LogP contribution in [0.2, 0.25) is 0 Å². The first-order valence-electron chi connectivity index (χ1n) is 19.4. The van der Waals surface area contributed by atoms with Gasteiger partial charge >= 0.3 is 0 Å². The molecule has 0 atom stereocenters. The van der Waals surface area contributed by atoms with E-state index in [9.17, 15) is 0 Å². The van der Waals surface area contributed by atoms with Gasteiger partial charge in [0.25, 0.3) is 0 Å². The molecule has 0 bridgehead atoms. The predicted molar refractivity (Wildman–Crippen MR) is 232 cm³/mol. The normalized spacial score (nSPS) is 14.8. The van der Waals surface area contributed by atoms with Crippen LogP contribution in [-0.4, -0.2) is 0 Å². The zero-order valence-corrected chi connectivity index (χ0v) is 31.9. The number of fused-ring (bicyclic) bond motifs is 13. The van der Waals surface area contributed by atoms with Gasteiger partial charge in [-0.25, -0.2) is 0 Å². The highest BCUT2D eigenvalue weighted by Crippen LogP contribution is 2.57. The van der Waals surface area contributed by atoms with E-state index in [-0.39, 0.29) is 10.8 Å². The van der Waals surface area contributed by atoms with Gasteiger partial charge in [-0.2, -0.15) is 0 Å². The van der Waals surface area contributed by atoms with Crippen LogP contribution in [0.4, 0.5) is 0 Å². The van der Waals surface area contributed by atoms with Crippen LogP contribution >= 0.6 is 0 Å². The molecule has 0 heterocycles. The Bertz CT molecular complexity index is 2870. The minimum Gasteiger partial charge on any atom is -0.0622 e. The van der Waals surface area contributed by atoms with E-state index < -0.39 is 0 Å². The SMILES string of the molecule is Cc1c(C)c2cc3c(cc2c2cc4c(cc12)-c1c(cc(-c2ccccc2)c2ccccc12)C4(C)C)C(C)(C)c1cc(-c2ccccc2)c2ccccc2c1-3. The summed E-state index contributed by atoms with van der Waals surface area (Å²) in [5.41, 5.74) is 18.8. The standard InChI is InChI=1S/C54H42/c1-31-32(2)40-26-46-48(54(5,6)50-28-42(34-19-11-8-12-20-34)36-22-14-16-24-38(36)52(46)50)30-44(40)43-29-47-45(25-39(31)43)51-37-23-15-13-21-35(37)41(27-49(51)53(47,3)4)33-17-9-7-10-18-33/h7-30H,1-6H3. The molecule has 0 fully saturated rings. The van der Waals surface area contributed by atoms with Gasteiger partial charge < -0.3 is 0 Å². The summed E-state index contributed by atoms with van der Waals surface area (Å²) in [6.45, 7) is 14.4. The number of hydrogen-bond donors (Lipinski definition) is 0. The van der Waals surface area contributed by atoms with E-state index in [1.54, 1.807) is 0 Å². The summed E-state index contributed by atoms with van der Waals surface area (Å²) >= 11 is 0. The first kappa shape index (κ1) is 31.5. The Balaban J connectivity index is 1.19. The highest BCUT2D eigenvalue weighted by Gasteiger charge is 2.40. The van der Waals surface area contributed by atoms with Crippen molar-refractivity contribution in [1.29, 1.82) is 0 Å². The molecule has 0 aromatic heterocycles. The Morgan fingerprint density at radius 2 is 0.648 bits per heavy atom. The molecule has 0 aliphatic heterocycles. The van der Waals surface area contributed by atoms with Gasteiger partial charge in [-0.05, 0) is 171 Å². The third-order valence-corrected chi connectivity index (χ3v) is 13.5. The van der Waals surface area contributed by atoms with Gasteiger partial charge in [0.05, 0.1) is 0 Å². The molecule has 0 N–H and O–H groups in total. The average Bonchev–Trinajstić information content (AvgIpc) is 3.57. The molecule has 9 aromatic carbocycles. The highest BCUT2D eigenvalue weighted by molar-refractivity contribution is 6.18. The second-order valence-corrected chi connectivity index (χ2v) is 16.9. The van der Waals surface area contributed by atoms with E-state index in [4.69, 9.17) is 0 Å². The summed E-state index contributed by atoms with van der Waals surface area (Å²) in [6.07, 6.45) is 0. The highest BCUT2D eigenvalue weighted by atomic mass is 14.4. The minimum absolute atomic E-state index is 0.156. The van der Waals surface area contributed by atoms with E-state index >= 15 is 0 Å². The second-order valence-electron chi connectivity index (χ2n) is 16.9. The molecular formula is C54H42. The van der Waals surface area contributed by atoms with Crippen LogP contribution in [0, 0.1) is 13.8 Å². The van der Waals surface area contributed by atoms with Gasteiger partial charge in [-0.1, -0.05) is 137 Å². The molecule has 0 amide bonds. The predicted octanol–water partition coefficient (Wildman–Crippen LogP) is 14.9. The molecular weight excluding hydrogens is 649 g/mol. The van der Waals surface area contributed by atoms with Crippen molar-refractivity contribution in [3.8, 4) is 44.5 Å². The van der Waals surface area contributed by atoms with E-state index in [1.165, 1.54) is 121 Å². The van der Waals surface area contributed by atoms with E-state index in [2.05, 4.69) is 187 Å². The molecule has 0 nitrogen and oxygen atoms in total. The molecule has 0 radical (unpaired) electrons. The summed E-state index contributed by atoms with van der Waals surface area (Å²) in [7, 11) is 0. The van der Waals surface area contributed by atoms with Crippen molar-refractivity contribution in [3.63, 3.8) is 0 Å². The fourth-order valence-electron chi connectivity index (χ4n) is 10.4. The number of aryl methyl sites for hydroxylation is 2. The van der Waals surface area contributed by atoms with Crippen LogP contribution in [0.1, 0.15) is 61.1 Å². The fraction of sp³-hybridized carbons (Fsp3) is 0.148. The Morgan fingerprint density at radius 3 is 1.04 bits per heavy atom. The smallest absolute Gasteiger partial charge is 0.0159 e. The number of hydrogen-bond acceptors (Lipinski definition) is 0. The first-order valence-corrected chi connectivity index (χ1v) is 19.4. The zero-order chi connectivity index (χ0) is 36.7. The van der Waals surface area contributed by atoms with Crippen molar-refractivity contribution in [1.82, 2.24) is 0 Å². The van der Waals surface area contributed by atoms with Crippen molar-refractivity contribution >= 4 is 43.1 Å². The summed E-state index contributed by atoms with van der Waals surface area (Å²) < 4.78 is 0. The third-order valence-electron chi connectivity index (χ3n) is 13.5. The van der Waals surface area contributed by atoms with Crippen molar-refractivity contribution in [2.75, 3.05) is 0 Å². The number of benzene rings is 9. The lowest BCUT2D eigenvalue weighted by atomic mass is 9.78. The van der Waals surface area contributed by atoms with Gasteiger partial charge in [-0.3, -0.25) is 0 Å². The summed E-state index contributed by atoms with van der Waals surface area (Å²) in [5, 5.41) is 10.8. The van der Waals surface area contributed by atoms with Crippen LogP contribution in [0.15, 0.2) is 146 Å². The molecule has 0 saturated heterocycles. The maximum atomic E-state index is 2.57. The zero-order valence-electron chi connectivity index (χ0n) is 31.9. The van der Waals surface area contributed by atoms with Crippen molar-refractivity contribution in [2.45, 2.75) is 52.4 Å². The molecule has 11 rings (SSSR count). The first-order chi connectivity index (χ1) is 26.1. The van der Waals surface area contributed by atoms with Gasteiger partial charge in [0.2, 0.25) is 0 Å². The van der Waals surface area contributed by atoms with Crippen LogP contribution < -0.4 is 0 Å². The Kier molecular flexibility index (Phi) is 6.31. The van der Waals surface area contributed by atoms with Crippen molar-refractivity contribution < 1.29 is 0 Å². The lowest BCUT2D eigenvalue weighted by Crippen LogP contribution is -2.15. The topological polar surface area (TPSA) is 0 Å². The maximum Gasteiger partial charge on any atom is 0.0159 e. The largest absolute Gasteiger partial charge is 0.0622 e. The molecule has 2 aliphatic carbocycles. The molecule has 0 saturated carbocycles. The summed E-state index contributed by atoms with van der Waals surface area (Å²) in [4.78, 5) is 0. The van der Waals surface area contributed by atoms with Gasteiger partial charge in [0.1, 0.15) is 0 Å². The fourth-order valence-corrected chi connectivity index (χ4v) is 10.4. The van der Waals surface area contributed by atoms with E-state index in [0.29, 0.717) is 0 Å². The molecule has 0 heteroatoms.